The molecule has 0 amide bonds. The van der Waals surface area contributed by atoms with Gasteiger partial charge in [-0.05, 0) is 0 Å². The first-order chi connectivity index (χ1) is 1.73. The summed E-state index contributed by atoms with van der Waals surface area (Å²) >= 11 is 1.51. The van der Waals surface area contributed by atoms with Gasteiger partial charge in [0.25, 0.3) is 0 Å². The van der Waals surface area contributed by atoms with Crippen LogP contribution in [0.1, 0.15) is 0 Å². The summed E-state index contributed by atoms with van der Waals surface area (Å²) in [7, 11) is 4.07. The van der Waals surface area contributed by atoms with Crippen molar-refractivity contribution >= 4 is 0 Å². The van der Waals surface area contributed by atoms with E-state index in [-0.39, 0.29) is 0 Å². The second kappa shape index (κ2) is 1.92. The van der Waals surface area contributed by atoms with Crippen LogP contribution in [0, 0.1) is 0 Å². The summed E-state index contributed by atoms with van der Waals surface area (Å²) in [6.45, 7) is 0. The molecule has 0 bridgehead atoms. The molecule has 0 fully saturated rings. The molecule has 4 heavy (non-hydrogen) atoms. The van der Waals surface area contributed by atoms with E-state index in [0.29, 0.717) is 0 Å². The van der Waals surface area contributed by atoms with Crippen molar-refractivity contribution in [3.63, 3.8) is 0 Å². The molecule has 1 nitrogen and oxygen atoms in total. The topological polar surface area (TPSA) is 3.24 Å². The number of rotatable bonds is 0. The molecule has 0 aliphatic heterocycles. The van der Waals surface area contributed by atoms with Crippen LogP contribution in [0.25, 0.3) is 0 Å². The van der Waals surface area contributed by atoms with E-state index < -0.39 is 0 Å². The SMILES string of the molecule is C[N](C)[W]. The van der Waals surface area contributed by atoms with Gasteiger partial charge in [0.05, 0.1) is 0 Å². The Morgan fingerprint density at radius 2 is 1.50 bits per heavy atom. The van der Waals surface area contributed by atoms with Crippen LogP contribution in [-0.2, 0) is 20.1 Å². The molecular weight excluding hydrogens is 222 g/mol. The van der Waals surface area contributed by atoms with E-state index in [4.69, 9.17) is 0 Å². The van der Waals surface area contributed by atoms with E-state index in [2.05, 4.69) is 3.46 Å². The molecule has 0 aliphatic rings. The Kier molecular flexibility index (Phi) is 2.23. The van der Waals surface area contributed by atoms with E-state index >= 15 is 0 Å². The first-order valence-electron chi connectivity index (χ1n) is 1.08. The van der Waals surface area contributed by atoms with Crippen molar-refractivity contribution in [3.05, 3.63) is 0 Å². The van der Waals surface area contributed by atoms with Gasteiger partial charge in [0.1, 0.15) is 0 Å². The van der Waals surface area contributed by atoms with Gasteiger partial charge in [-0.3, -0.25) is 0 Å². The predicted octanol–water partition coefficient (Wildman–Crippen LogP) is 0.00980. The van der Waals surface area contributed by atoms with E-state index in [9.17, 15) is 0 Å². The van der Waals surface area contributed by atoms with Gasteiger partial charge in [-0.1, -0.05) is 0 Å². The van der Waals surface area contributed by atoms with Gasteiger partial charge in [0.2, 0.25) is 0 Å². The van der Waals surface area contributed by atoms with Crippen molar-refractivity contribution in [2.75, 3.05) is 14.1 Å². The normalized spacial score (nSPS) is 8.75. The van der Waals surface area contributed by atoms with Gasteiger partial charge in [0, 0.05) is 0 Å². The van der Waals surface area contributed by atoms with Crippen LogP contribution in [0.15, 0.2) is 0 Å². The summed E-state index contributed by atoms with van der Waals surface area (Å²) in [5.74, 6) is 0. The molecule has 0 unspecified atom stereocenters. The van der Waals surface area contributed by atoms with Crippen molar-refractivity contribution in [1.82, 2.24) is 3.46 Å². The van der Waals surface area contributed by atoms with Crippen LogP contribution < -0.4 is 0 Å². The van der Waals surface area contributed by atoms with Crippen LogP contribution in [-0.4, -0.2) is 17.6 Å². The second-order valence-electron chi connectivity index (χ2n) is 0.812. The van der Waals surface area contributed by atoms with Crippen LogP contribution in [0.5, 0.6) is 0 Å². The maximum atomic E-state index is 2.08. The average Bonchev–Trinajstić information content (AvgIpc) is 0.811. The molecule has 0 heterocycles. The molecule has 0 saturated carbocycles. The fourth-order valence-electron chi connectivity index (χ4n) is 0. The molecule has 0 aromatic rings. The fourth-order valence-corrected chi connectivity index (χ4v) is 0. The Morgan fingerprint density at radius 3 is 1.50 bits per heavy atom. The van der Waals surface area contributed by atoms with Crippen molar-refractivity contribution in [2.45, 2.75) is 0 Å². The zero-order valence-electron chi connectivity index (χ0n) is 2.86. The Balaban J connectivity index is 2.32. The van der Waals surface area contributed by atoms with Crippen LogP contribution in [0.4, 0.5) is 0 Å². The van der Waals surface area contributed by atoms with Crippen molar-refractivity contribution in [1.29, 1.82) is 0 Å². The van der Waals surface area contributed by atoms with Crippen molar-refractivity contribution < 1.29 is 20.1 Å². The fraction of sp³-hybridized carbons (Fsp3) is 1.00. The minimum absolute atomic E-state index is 1.51. The van der Waals surface area contributed by atoms with Gasteiger partial charge in [-0.2, -0.15) is 0 Å². The monoisotopic (exact) mass is 228 g/mol. The van der Waals surface area contributed by atoms with Gasteiger partial charge in [-0.15, -0.1) is 0 Å². The summed E-state index contributed by atoms with van der Waals surface area (Å²) in [6.07, 6.45) is 0. The maximum absolute atomic E-state index is 2.08. The number of hydrogen-bond acceptors (Lipinski definition) is 1. The Labute approximate surface area is 38.2 Å². The third-order valence-corrected chi connectivity index (χ3v) is 0. The molecule has 0 aromatic heterocycles. The number of hydrogen-bond donors (Lipinski definition) is 0. The minimum atomic E-state index is 1.51. The third kappa shape index (κ3) is 17.1. The van der Waals surface area contributed by atoms with Gasteiger partial charge in [0.15, 0.2) is 0 Å². The molecule has 0 atom stereocenters. The van der Waals surface area contributed by atoms with E-state index in [1.807, 2.05) is 14.1 Å². The van der Waals surface area contributed by atoms with E-state index in [0.717, 1.165) is 0 Å². The Morgan fingerprint density at radius 1 is 1.50 bits per heavy atom. The Hall–Kier alpha value is 0.648. The van der Waals surface area contributed by atoms with E-state index in [1.165, 1.54) is 20.1 Å². The second-order valence-corrected chi connectivity index (χ2v) is 3.44. The number of nitrogens with zero attached hydrogens (tertiary/aromatic N) is 1. The van der Waals surface area contributed by atoms with Crippen LogP contribution in [0.3, 0.4) is 0 Å². The van der Waals surface area contributed by atoms with Crippen molar-refractivity contribution in [3.8, 4) is 0 Å². The zero-order valence-corrected chi connectivity index (χ0v) is 5.79. The summed E-state index contributed by atoms with van der Waals surface area (Å²) < 4.78 is 2.08. The first-order valence-corrected chi connectivity index (χ1v) is 2.39. The molecule has 0 radical (unpaired) electrons. The molecule has 0 N–H and O–H groups in total. The van der Waals surface area contributed by atoms with E-state index in [1.54, 1.807) is 0 Å². The Bertz CT molecular complexity index is 10.8. The van der Waals surface area contributed by atoms with Gasteiger partial charge >= 0.3 is 37.6 Å². The van der Waals surface area contributed by atoms with Crippen LogP contribution in [0.2, 0.25) is 0 Å². The van der Waals surface area contributed by atoms with Crippen LogP contribution >= 0.6 is 0 Å². The summed E-state index contributed by atoms with van der Waals surface area (Å²) in [4.78, 5) is 0. The third-order valence-electron chi connectivity index (χ3n) is 0. The summed E-state index contributed by atoms with van der Waals surface area (Å²) in [5.41, 5.74) is 0. The summed E-state index contributed by atoms with van der Waals surface area (Å²) in [5, 5.41) is 0. The van der Waals surface area contributed by atoms with Crippen molar-refractivity contribution in [2.24, 2.45) is 0 Å². The molecule has 0 aromatic carbocycles. The molecule has 0 spiro atoms. The summed E-state index contributed by atoms with van der Waals surface area (Å²) in [6, 6.07) is 0. The molecule has 0 saturated heterocycles. The molecule has 0 aliphatic carbocycles. The van der Waals surface area contributed by atoms with Gasteiger partial charge in [-0.25, -0.2) is 0 Å². The van der Waals surface area contributed by atoms with Gasteiger partial charge < -0.3 is 0 Å². The standard InChI is InChI=1S/C2H6N.W/c1-3-2;/h1-2H3;/q-1;+1. The predicted molar refractivity (Wildman–Crippen MR) is 13.7 cm³/mol. The molecule has 2 heteroatoms. The molecule has 0 rings (SSSR count). The molecular formula is C2H6NW. The zero-order chi connectivity index (χ0) is 3.58. The molecule has 25 valence electrons. The average molecular weight is 228 g/mol. The first kappa shape index (κ1) is 4.65. The quantitative estimate of drug-likeness (QED) is 0.564.